The van der Waals surface area contributed by atoms with E-state index in [1.165, 1.54) is 0 Å². The summed E-state index contributed by atoms with van der Waals surface area (Å²) in [6, 6.07) is 18.9. The second-order valence-electron chi connectivity index (χ2n) is 5.94. The number of hydrogen-bond donors (Lipinski definition) is 0. The monoisotopic (exact) mass is 331 g/mol. The van der Waals surface area contributed by atoms with Crippen molar-refractivity contribution < 1.29 is 14.3 Å². The fourth-order valence-electron chi connectivity index (χ4n) is 2.93. The Balaban J connectivity index is 1.51. The summed E-state index contributed by atoms with van der Waals surface area (Å²) in [7, 11) is 0. The highest BCUT2D eigenvalue weighted by Crippen LogP contribution is 2.35. The van der Waals surface area contributed by atoms with Crippen molar-refractivity contribution in [1.29, 1.82) is 0 Å². The molecule has 0 spiro atoms. The highest BCUT2D eigenvalue weighted by atomic mass is 16.5. The molecule has 0 bridgehead atoms. The van der Waals surface area contributed by atoms with E-state index in [1.54, 1.807) is 24.5 Å². The molecule has 0 N–H and O–H groups in total. The molecule has 3 aromatic rings. The second kappa shape index (κ2) is 6.77. The number of hydrogen-bond acceptors (Lipinski definition) is 4. The number of pyridine rings is 1. The molecule has 1 atom stereocenters. The lowest BCUT2D eigenvalue weighted by Gasteiger charge is -2.24. The van der Waals surface area contributed by atoms with Gasteiger partial charge in [-0.3, -0.25) is 9.78 Å². The van der Waals surface area contributed by atoms with E-state index >= 15 is 0 Å². The minimum atomic E-state index is -0.253. The molecule has 4 heteroatoms. The Hall–Kier alpha value is -3.14. The van der Waals surface area contributed by atoms with Crippen LogP contribution < -0.4 is 9.47 Å². The molecule has 2 heterocycles. The molecule has 2 aromatic carbocycles. The molecule has 0 saturated carbocycles. The summed E-state index contributed by atoms with van der Waals surface area (Å²) in [6.07, 6.45) is 3.47. The van der Waals surface area contributed by atoms with Gasteiger partial charge in [-0.05, 0) is 35.4 Å². The van der Waals surface area contributed by atoms with Crippen molar-refractivity contribution in [2.75, 3.05) is 6.61 Å². The highest BCUT2D eigenvalue weighted by Gasteiger charge is 2.30. The predicted molar refractivity (Wildman–Crippen MR) is 94.0 cm³/mol. The van der Waals surface area contributed by atoms with Gasteiger partial charge in [-0.1, -0.05) is 30.3 Å². The van der Waals surface area contributed by atoms with Gasteiger partial charge in [-0.15, -0.1) is 0 Å². The van der Waals surface area contributed by atoms with E-state index < -0.39 is 0 Å². The first-order chi connectivity index (χ1) is 12.3. The van der Waals surface area contributed by atoms with Gasteiger partial charge in [0, 0.05) is 18.5 Å². The molecule has 0 radical (unpaired) electrons. The van der Waals surface area contributed by atoms with E-state index in [4.69, 9.17) is 9.47 Å². The van der Waals surface area contributed by atoms with Crippen molar-refractivity contribution in [1.82, 2.24) is 4.98 Å². The number of nitrogens with zero attached hydrogens (tertiary/aromatic N) is 1. The SMILES string of the molecule is O=C1c2ccc(OCc3ccncc3)cc2OCC1c1ccccc1. The van der Waals surface area contributed by atoms with Crippen LogP contribution in [-0.4, -0.2) is 17.4 Å². The van der Waals surface area contributed by atoms with Gasteiger partial charge in [-0.25, -0.2) is 0 Å². The Labute approximate surface area is 146 Å². The Bertz CT molecular complexity index is 878. The smallest absolute Gasteiger partial charge is 0.177 e. The highest BCUT2D eigenvalue weighted by molar-refractivity contribution is 6.04. The van der Waals surface area contributed by atoms with Crippen LogP contribution in [0.3, 0.4) is 0 Å². The zero-order chi connectivity index (χ0) is 17.1. The van der Waals surface area contributed by atoms with E-state index in [0.717, 1.165) is 11.1 Å². The molecular weight excluding hydrogens is 314 g/mol. The number of Topliss-reactive ketones (excluding diaryl/α,β-unsaturated/α-hetero) is 1. The van der Waals surface area contributed by atoms with Crippen LogP contribution >= 0.6 is 0 Å². The maximum absolute atomic E-state index is 12.8. The molecule has 1 aromatic heterocycles. The van der Waals surface area contributed by atoms with Crippen LogP contribution in [0.25, 0.3) is 0 Å². The van der Waals surface area contributed by atoms with Crippen LogP contribution in [0.2, 0.25) is 0 Å². The van der Waals surface area contributed by atoms with Crippen molar-refractivity contribution in [3.05, 3.63) is 89.7 Å². The lowest BCUT2D eigenvalue weighted by atomic mass is 9.89. The molecule has 4 rings (SSSR count). The van der Waals surface area contributed by atoms with Crippen molar-refractivity contribution >= 4 is 5.78 Å². The molecule has 0 saturated heterocycles. The van der Waals surface area contributed by atoms with Gasteiger partial charge in [-0.2, -0.15) is 0 Å². The minimum Gasteiger partial charge on any atom is -0.492 e. The van der Waals surface area contributed by atoms with Gasteiger partial charge in [0.05, 0.1) is 11.5 Å². The van der Waals surface area contributed by atoms with Gasteiger partial charge in [0.15, 0.2) is 5.78 Å². The predicted octanol–water partition coefficient (Wildman–Crippen LogP) is 4.02. The first-order valence-corrected chi connectivity index (χ1v) is 8.19. The molecule has 4 nitrogen and oxygen atoms in total. The third-order valence-corrected chi connectivity index (χ3v) is 4.30. The lowest BCUT2D eigenvalue weighted by molar-refractivity contribution is 0.0896. The van der Waals surface area contributed by atoms with Gasteiger partial charge in [0.25, 0.3) is 0 Å². The standard InChI is InChI=1S/C21H17NO3/c23-21-18-7-6-17(24-13-15-8-10-22-11-9-15)12-20(18)25-14-19(21)16-4-2-1-3-5-16/h1-12,19H,13-14H2. The molecule has 124 valence electrons. The number of benzene rings is 2. The summed E-state index contributed by atoms with van der Waals surface area (Å²) in [5.74, 6) is 1.11. The van der Waals surface area contributed by atoms with Crippen molar-refractivity contribution in [2.45, 2.75) is 12.5 Å². The molecule has 0 aliphatic carbocycles. The Morgan fingerprint density at radius 1 is 1.04 bits per heavy atom. The molecule has 0 fully saturated rings. The molecule has 1 aliphatic rings. The van der Waals surface area contributed by atoms with Crippen molar-refractivity contribution in [3.8, 4) is 11.5 Å². The quantitative estimate of drug-likeness (QED) is 0.724. The number of aromatic nitrogens is 1. The van der Waals surface area contributed by atoms with E-state index in [1.807, 2.05) is 48.5 Å². The average Bonchev–Trinajstić information content (AvgIpc) is 2.68. The van der Waals surface area contributed by atoms with Crippen molar-refractivity contribution in [3.63, 3.8) is 0 Å². The minimum absolute atomic E-state index is 0.0909. The van der Waals surface area contributed by atoms with Crippen molar-refractivity contribution in [2.24, 2.45) is 0 Å². The number of rotatable bonds is 4. The topological polar surface area (TPSA) is 48.4 Å². The zero-order valence-electron chi connectivity index (χ0n) is 13.6. The molecule has 0 amide bonds. The lowest BCUT2D eigenvalue weighted by Crippen LogP contribution is -2.26. The molecular formula is C21H17NO3. The third-order valence-electron chi connectivity index (χ3n) is 4.30. The summed E-state index contributed by atoms with van der Waals surface area (Å²) in [5.41, 5.74) is 2.63. The number of ether oxygens (including phenoxy) is 2. The Kier molecular flexibility index (Phi) is 4.17. The Morgan fingerprint density at radius 2 is 1.84 bits per heavy atom. The fourth-order valence-corrected chi connectivity index (χ4v) is 2.93. The van der Waals surface area contributed by atoms with E-state index in [9.17, 15) is 4.79 Å². The summed E-state index contributed by atoms with van der Waals surface area (Å²) in [6.45, 7) is 0.797. The summed E-state index contributed by atoms with van der Waals surface area (Å²) in [5, 5.41) is 0. The number of carbonyl (C=O) groups is 1. The first-order valence-electron chi connectivity index (χ1n) is 8.19. The van der Waals surface area contributed by atoms with E-state index in [-0.39, 0.29) is 11.7 Å². The van der Waals surface area contributed by atoms with Gasteiger partial charge in [0.1, 0.15) is 24.7 Å². The van der Waals surface area contributed by atoms with Gasteiger partial charge >= 0.3 is 0 Å². The second-order valence-corrected chi connectivity index (χ2v) is 5.94. The maximum atomic E-state index is 12.8. The maximum Gasteiger partial charge on any atom is 0.177 e. The van der Waals surface area contributed by atoms with Crippen LogP contribution in [-0.2, 0) is 6.61 Å². The fraction of sp³-hybridized carbons (Fsp3) is 0.143. The summed E-state index contributed by atoms with van der Waals surface area (Å²) < 4.78 is 11.6. The van der Waals surface area contributed by atoms with Crippen LogP contribution in [0.4, 0.5) is 0 Å². The summed E-state index contributed by atoms with van der Waals surface area (Å²) >= 11 is 0. The van der Waals surface area contributed by atoms with Crippen LogP contribution in [0, 0.1) is 0 Å². The summed E-state index contributed by atoms with van der Waals surface area (Å²) in [4.78, 5) is 16.8. The van der Waals surface area contributed by atoms with Crippen LogP contribution in [0.5, 0.6) is 11.5 Å². The third kappa shape index (κ3) is 3.24. The molecule has 1 unspecified atom stereocenters. The van der Waals surface area contributed by atoms with E-state index in [0.29, 0.717) is 30.3 Å². The molecule has 25 heavy (non-hydrogen) atoms. The normalized spacial score (nSPS) is 16.0. The number of ketones is 1. The number of fused-ring (bicyclic) bond motifs is 1. The first kappa shape index (κ1) is 15.4. The average molecular weight is 331 g/mol. The molecule has 1 aliphatic heterocycles. The van der Waals surface area contributed by atoms with E-state index in [2.05, 4.69) is 4.98 Å². The number of carbonyl (C=O) groups excluding carboxylic acids is 1. The van der Waals surface area contributed by atoms with Gasteiger partial charge < -0.3 is 9.47 Å². The zero-order valence-corrected chi connectivity index (χ0v) is 13.6. The largest absolute Gasteiger partial charge is 0.492 e. The van der Waals surface area contributed by atoms with Crippen LogP contribution in [0.1, 0.15) is 27.4 Å². The Morgan fingerprint density at radius 3 is 2.64 bits per heavy atom. The van der Waals surface area contributed by atoms with Crippen LogP contribution in [0.15, 0.2) is 73.1 Å². The van der Waals surface area contributed by atoms with Gasteiger partial charge in [0.2, 0.25) is 0 Å².